The highest BCUT2D eigenvalue weighted by Gasteiger charge is 2.26. The first-order chi connectivity index (χ1) is 9.51. The number of anilines is 2. The lowest BCUT2D eigenvalue weighted by Gasteiger charge is -2.36. The van der Waals surface area contributed by atoms with Gasteiger partial charge in [0.25, 0.3) is 0 Å². The van der Waals surface area contributed by atoms with Gasteiger partial charge in [-0.1, -0.05) is 6.92 Å². The molecular formula is C14H21F2N3O. The van der Waals surface area contributed by atoms with Gasteiger partial charge in [0, 0.05) is 25.7 Å². The molecule has 1 aromatic rings. The van der Waals surface area contributed by atoms with E-state index in [1.54, 1.807) is 0 Å². The minimum absolute atomic E-state index is 0.00273. The van der Waals surface area contributed by atoms with Gasteiger partial charge < -0.3 is 15.0 Å². The third-order valence-electron chi connectivity index (χ3n) is 3.17. The van der Waals surface area contributed by atoms with Gasteiger partial charge in [0.1, 0.15) is 0 Å². The highest BCUT2D eigenvalue weighted by Crippen LogP contribution is 2.25. The molecule has 1 fully saturated rings. The summed E-state index contributed by atoms with van der Waals surface area (Å²) in [5.74, 6) is -0.998. The molecule has 0 radical (unpaired) electrons. The number of nitrogens with zero attached hydrogens (tertiary/aromatic N) is 2. The predicted molar refractivity (Wildman–Crippen MR) is 75.2 cm³/mol. The summed E-state index contributed by atoms with van der Waals surface area (Å²) in [6, 6.07) is 0.894. The van der Waals surface area contributed by atoms with E-state index in [-0.39, 0.29) is 23.8 Å². The number of pyridine rings is 1. The molecule has 0 aliphatic carbocycles. The van der Waals surface area contributed by atoms with Gasteiger partial charge in [-0.2, -0.15) is 0 Å². The van der Waals surface area contributed by atoms with Crippen molar-refractivity contribution in [2.24, 2.45) is 0 Å². The molecule has 4 nitrogen and oxygen atoms in total. The number of hydrogen-bond acceptors (Lipinski definition) is 4. The maximum Gasteiger partial charge on any atom is 0.168 e. The highest BCUT2D eigenvalue weighted by atomic mass is 19.1. The topological polar surface area (TPSA) is 37.4 Å². The van der Waals surface area contributed by atoms with E-state index in [1.165, 1.54) is 0 Å². The molecule has 1 aromatic heterocycles. The first kappa shape index (κ1) is 15.0. The molecule has 6 heteroatoms. The Bertz CT molecular complexity index is 460. The smallest absolute Gasteiger partial charge is 0.168 e. The second-order valence-corrected chi connectivity index (χ2v) is 5.21. The molecule has 1 aliphatic heterocycles. The molecule has 2 atom stereocenters. The second-order valence-electron chi connectivity index (χ2n) is 5.21. The molecule has 0 saturated carbocycles. The second kappa shape index (κ2) is 6.35. The van der Waals surface area contributed by atoms with Gasteiger partial charge in [-0.25, -0.2) is 13.8 Å². The number of nitrogens with one attached hydrogen (secondary N) is 1. The van der Waals surface area contributed by atoms with E-state index in [9.17, 15) is 8.78 Å². The summed E-state index contributed by atoms with van der Waals surface area (Å²) in [7, 11) is 0. The third-order valence-corrected chi connectivity index (χ3v) is 3.17. The molecular weight excluding hydrogens is 264 g/mol. The van der Waals surface area contributed by atoms with Gasteiger partial charge in [-0.05, 0) is 20.3 Å². The van der Waals surface area contributed by atoms with Crippen LogP contribution in [-0.2, 0) is 4.74 Å². The number of ether oxygens (including phenoxy) is 1. The molecule has 1 N–H and O–H groups in total. The van der Waals surface area contributed by atoms with Crippen molar-refractivity contribution in [2.45, 2.75) is 39.4 Å². The van der Waals surface area contributed by atoms with Gasteiger partial charge in [-0.3, -0.25) is 0 Å². The lowest BCUT2D eigenvalue weighted by Crippen LogP contribution is -2.46. The van der Waals surface area contributed by atoms with Crippen LogP contribution in [0.2, 0.25) is 0 Å². The predicted octanol–water partition coefficient (Wildman–Crippen LogP) is 2.80. The minimum Gasteiger partial charge on any atom is -0.372 e. The summed E-state index contributed by atoms with van der Waals surface area (Å²) in [5.41, 5.74) is 0. The van der Waals surface area contributed by atoms with Crippen LogP contribution in [-0.4, -0.2) is 36.8 Å². The van der Waals surface area contributed by atoms with Crippen LogP contribution in [0.3, 0.4) is 0 Å². The Morgan fingerprint density at radius 2 is 1.95 bits per heavy atom. The average Bonchev–Trinajstić information content (AvgIpc) is 2.36. The normalized spacial score (nSPS) is 22.9. The molecule has 0 amide bonds. The van der Waals surface area contributed by atoms with Crippen molar-refractivity contribution < 1.29 is 13.5 Å². The molecule has 20 heavy (non-hydrogen) atoms. The molecule has 0 spiro atoms. The van der Waals surface area contributed by atoms with Crippen molar-refractivity contribution in [3.05, 3.63) is 17.7 Å². The van der Waals surface area contributed by atoms with Crippen LogP contribution in [0.5, 0.6) is 0 Å². The molecule has 2 unspecified atom stereocenters. The number of aromatic nitrogens is 1. The van der Waals surface area contributed by atoms with Gasteiger partial charge in [-0.15, -0.1) is 0 Å². The number of rotatable bonds is 4. The van der Waals surface area contributed by atoms with Gasteiger partial charge >= 0.3 is 0 Å². The van der Waals surface area contributed by atoms with Crippen LogP contribution < -0.4 is 10.2 Å². The fraction of sp³-hybridized carbons (Fsp3) is 0.643. The molecule has 1 saturated heterocycles. The van der Waals surface area contributed by atoms with Crippen molar-refractivity contribution in [1.82, 2.24) is 4.98 Å². The standard InChI is InChI=1S/C14H21F2N3O/c1-4-5-17-13-11(15)6-12(16)14(18-13)19-7-9(2)20-10(3)8-19/h6,9-10H,4-5,7-8H2,1-3H3,(H,17,18). The zero-order valence-corrected chi connectivity index (χ0v) is 12.1. The molecule has 2 rings (SSSR count). The van der Waals surface area contributed by atoms with Gasteiger partial charge in [0.2, 0.25) is 0 Å². The van der Waals surface area contributed by atoms with E-state index in [1.807, 2.05) is 25.7 Å². The summed E-state index contributed by atoms with van der Waals surface area (Å²) in [6.07, 6.45) is 0.841. The van der Waals surface area contributed by atoms with E-state index in [0.717, 1.165) is 12.5 Å². The Hall–Kier alpha value is -1.43. The van der Waals surface area contributed by atoms with Crippen molar-refractivity contribution in [1.29, 1.82) is 0 Å². The van der Waals surface area contributed by atoms with E-state index in [4.69, 9.17) is 4.74 Å². The van der Waals surface area contributed by atoms with E-state index in [2.05, 4.69) is 10.3 Å². The van der Waals surface area contributed by atoms with E-state index in [0.29, 0.717) is 19.6 Å². The van der Waals surface area contributed by atoms with Crippen molar-refractivity contribution >= 4 is 11.6 Å². The zero-order valence-electron chi connectivity index (χ0n) is 12.1. The van der Waals surface area contributed by atoms with Crippen LogP contribution in [0.15, 0.2) is 6.07 Å². The van der Waals surface area contributed by atoms with Crippen LogP contribution in [0.4, 0.5) is 20.4 Å². The van der Waals surface area contributed by atoms with Gasteiger partial charge in [0.05, 0.1) is 12.2 Å². The number of halogens is 2. The van der Waals surface area contributed by atoms with Crippen LogP contribution in [0, 0.1) is 11.6 Å². The first-order valence-corrected chi connectivity index (χ1v) is 7.01. The Kier molecular flexibility index (Phi) is 4.75. The van der Waals surface area contributed by atoms with Crippen molar-refractivity contribution in [3.8, 4) is 0 Å². The molecule has 2 heterocycles. The number of hydrogen-bond donors (Lipinski definition) is 1. The summed E-state index contributed by atoms with van der Waals surface area (Å²) >= 11 is 0. The molecule has 1 aliphatic rings. The van der Waals surface area contributed by atoms with Crippen molar-refractivity contribution in [2.75, 3.05) is 29.9 Å². The van der Waals surface area contributed by atoms with Crippen LogP contribution in [0.1, 0.15) is 27.2 Å². The lowest BCUT2D eigenvalue weighted by molar-refractivity contribution is -0.00564. The third kappa shape index (κ3) is 3.36. The Morgan fingerprint density at radius 1 is 1.30 bits per heavy atom. The Labute approximate surface area is 118 Å². The molecule has 0 aromatic carbocycles. The maximum absolute atomic E-state index is 14.0. The average molecular weight is 285 g/mol. The monoisotopic (exact) mass is 285 g/mol. The highest BCUT2D eigenvalue weighted by molar-refractivity contribution is 5.49. The quantitative estimate of drug-likeness (QED) is 0.923. The lowest BCUT2D eigenvalue weighted by atomic mass is 10.2. The summed E-state index contributed by atoms with van der Waals surface area (Å²) in [4.78, 5) is 5.92. The van der Waals surface area contributed by atoms with Crippen LogP contribution in [0.25, 0.3) is 0 Å². The Balaban J connectivity index is 2.25. The maximum atomic E-state index is 14.0. The minimum atomic E-state index is -0.658. The molecule has 0 bridgehead atoms. The summed E-state index contributed by atoms with van der Waals surface area (Å²) < 4.78 is 33.3. The van der Waals surface area contributed by atoms with Crippen LogP contribution >= 0.6 is 0 Å². The molecule has 112 valence electrons. The first-order valence-electron chi connectivity index (χ1n) is 7.01. The largest absolute Gasteiger partial charge is 0.372 e. The fourth-order valence-corrected chi connectivity index (χ4v) is 2.40. The number of morpholine rings is 1. The van der Waals surface area contributed by atoms with Crippen molar-refractivity contribution in [3.63, 3.8) is 0 Å². The SMILES string of the molecule is CCCNc1nc(N2CC(C)OC(C)C2)c(F)cc1F. The fourth-order valence-electron chi connectivity index (χ4n) is 2.40. The zero-order chi connectivity index (χ0) is 14.7. The van der Waals surface area contributed by atoms with E-state index < -0.39 is 11.6 Å². The summed E-state index contributed by atoms with van der Waals surface area (Å²) in [5, 5.41) is 2.88. The van der Waals surface area contributed by atoms with Gasteiger partial charge in [0.15, 0.2) is 23.3 Å². The Morgan fingerprint density at radius 3 is 2.55 bits per heavy atom. The van der Waals surface area contributed by atoms with E-state index >= 15 is 0 Å². The summed E-state index contributed by atoms with van der Waals surface area (Å²) in [6.45, 7) is 7.53.